The van der Waals surface area contributed by atoms with E-state index in [1.807, 2.05) is 0 Å². The standard InChI is InChI=1S/C12H22N2O6S/c1-8(6-7-21(3)19)13-12(18)14-9(11(16)17)4-5-10(15)20-2/h8-9H,4-7H2,1-3H3,(H,16,17)(H2,13,14,18)/t8?,9-,21?/m1/s1. The van der Waals surface area contributed by atoms with Crippen LogP contribution in [0.5, 0.6) is 0 Å². The summed E-state index contributed by atoms with van der Waals surface area (Å²) >= 11 is 0. The maximum Gasteiger partial charge on any atom is 0.326 e. The predicted octanol–water partition coefficient (Wildman–Crippen LogP) is -0.151. The summed E-state index contributed by atoms with van der Waals surface area (Å²) in [4.78, 5) is 33.6. The lowest BCUT2D eigenvalue weighted by Crippen LogP contribution is -2.48. The molecule has 0 aromatic heterocycles. The number of aliphatic carboxylic acids is 1. The zero-order valence-corrected chi connectivity index (χ0v) is 13.2. The number of amides is 2. The van der Waals surface area contributed by atoms with Gasteiger partial charge in [-0.3, -0.25) is 9.00 Å². The summed E-state index contributed by atoms with van der Waals surface area (Å²) in [7, 11) is 0.260. The van der Waals surface area contributed by atoms with E-state index in [4.69, 9.17) is 5.11 Å². The second-order valence-corrected chi connectivity index (χ2v) is 6.15. The summed E-state index contributed by atoms with van der Waals surface area (Å²) < 4.78 is 15.4. The number of rotatable bonds is 9. The van der Waals surface area contributed by atoms with Crippen LogP contribution in [0, 0.1) is 0 Å². The first-order valence-electron chi connectivity index (χ1n) is 6.43. The van der Waals surface area contributed by atoms with E-state index < -0.39 is 34.8 Å². The van der Waals surface area contributed by atoms with Crippen LogP contribution in [-0.2, 0) is 25.1 Å². The van der Waals surface area contributed by atoms with E-state index in [2.05, 4.69) is 15.4 Å². The van der Waals surface area contributed by atoms with E-state index in [0.717, 1.165) is 0 Å². The molecule has 0 aliphatic heterocycles. The van der Waals surface area contributed by atoms with Gasteiger partial charge in [0.1, 0.15) is 6.04 Å². The van der Waals surface area contributed by atoms with Gasteiger partial charge in [-0.1, -0.05) is 0 Å². The first kappa shape index (κ1) is 19.4. The highest BCUT2D eigenvalue weighted by molar-refractivity contribution is 7.84. The van der Waals surface area contributed by atoms with Crippen molar-refractivity contribution in [3.63, 3.8) is 0 Å². The lowest BCUT2D eigenvalue weighted by atomic mass is 10.1. The van der Waals surface area contributed by atoms with Crippen molar-refractivity contribution in [2.75, 3.05) is 19.1 Å². The normalized spacial score (nSPS) is 14.6. The van der Waals surface area contributed by atoms with Gasteiger partial charge in [0, 0.05) is 35.3 Å². The van der Waals surface area contributed by atoms with Crippen molar-refractivity contribution in [1.82, 2.24) is 10.6 Å². The third-order valence-electron chi connectivity index (χ3n) is 2.68. The highest BCUT2D eigenvalue weighted by Gasteiger charge is 2.21. The number of esters is 1. The molecule has 8 nitrogen and oxygen atoms in total. The summed E-state index contributed by atoms with van der Waals surface area (Å²) in [6.45, 7) is 1.73. The molecule has 0 aliphatic carbocycles. The third-order valence-corrected chi connectivity index (χ3v) is 3.49. The van der Waals surface area contributed by atoms with Gasteiger partial charge in [-0.2, -0.15) is 0 Å². The lowest BCUT2D eigenvalue weighted by molar-refractivity contribution is -0.142. The molecule has 0 aromatic rings. The number of carboxylic acids is 1. The van der Waals surface area contributed by atoms with E-state index in [9.17, 15) is 18.6 Å². The average Bonchev–Trinajstić information content (AvgIpc) is 2.40. The molecule has 2 unspecified atom stereocenters. The first-order valence-corrected chi connectivity index (χ1v) is 8.15. The van der Waals surface area contributed by atoms with Crippen LogP contribution in [0.15, 0.2) is 0 Å². The predicted molar refractivity (Wildman–Crippen MR) is 77.4 cm³/mol. The Labute approximate surface area is 126 Å². The largest absolute Gasteiger partial charge is 0.480 e. The van der Waals surface area contributed by atoms with Crippen LogP contribution in [0.25, 0.3) is 0 Å². The zero-order valence-electron chi connectivity index (χ0n) is 12.4. The Balaban J connectivity index is 4.25. The minimum Gasteiger partial charge on any atom is -0.480 e. The molecule has 3 N–H and O–H groups in total. The molecule has 0 bridgehead atoms. The van der Waals surface area contributed by atoms with Gasteiger partial charge in [-0.25, -0.2) is 9.59 Å². The van der Waals surface area contributed by atoms with Crippen molar-refractivity contribution in [3.8, 4) is 0 Å². The smallest absolute Gasteiger partial charge is 0.326 e. The maximum atomic E-state index is 11.6. The van der Waals surface area contributed by atoms with Gasteiger partial charge >= 0.3 is 18.0 Å². The Morgan fingerprint density at radius 3 is 2.33 bits per heavy atom. The van der Waals surface area contributed by atoms with E-state index in [1.165, 1.54) is 7.11 Å². The van der Waals surface area contributed by atoms with Gasteiger partial charge in [0.05, 0.1) is 7.11 Å². The molecule has 0 aliphatic rings. The molecule has 122 valence electrons. The number of hydrogen-bond acceptors (Lipinski definition) is 5. The fourth-order valence-electron chi connectivity index (χ4n) is 1.46. The van der Waals surface area contributed by atoms with Crippen molar-refractivity contribution in [3.05, 3.63) is 0 Å². The summed E-state index contributed by atoms with van der Waals surface area (Å²) in [5.74, 6) is -1.31. The van der Waals surface area contributed by atoms with Crippen molar-refractivity contribution in [2.24, 2.45) is 0 Å². The minimum absolute atomic E-state index is 0.0528. The molecule has 0 saturated heterocycles. The molecule has 0 heterocycles. The molecular weight excluding hydrogens is 300 g/mol. The Morgan fingerprint density at radius 1 is 1.24 bits per heavy atom. The first-order chi connectivity index (χ1) is 9.76. The van der Waals surface area contributed by atoms with Crippen molar-refractivity contribution >= 4 is 28.8 Å². The topological polar surface area (TPSA) is 122 Å². The number of methoxy groups -OCH3 is 1. The second kappa shape index (κ2) is 10.1. The van der Waals surface area contributed by atoms with Gasteiger partial charge < -0.3 is 20.5 Å². The quantitative estimate of drug-likeness (QED) is 0.507. The van der Waals surface area contributed by atoms with Crippen LogP contribution >= 0.6 is 0 Å². The number of hydrogen-bond donors (Lipinski definition) is 3. The molecule has 0 aromatic carbocycles. The Morgan fingerprint density at radius 2 is 1.86 bits per heavy atom. The van der Waals surface area contributed by atoms with E-state index in [1.54, 1.807) is 13.2 Å². The Hall–Kier alpha value is -1.64. The molecule has 0 spiro atoms. The van der Waals surface area contributed by atoms with E-state index in [0.29, 0.717) is 12.2 Å². The summed E-state index contributed by atoms with van der Waals surface area (Å²) in [6, 6.07) is -2.04. The number of nitrogens with one attached hydrogen (secondary N) is 2. The van der Waals surface area contributed by atoms with Crippen molar-refractivity contribution in [1.29, 1.82) is 0 Å². The van der Waals surface area contributed by atoms with Crippen molar-refractivity contribution < 1.29 is 28.4 Å². The van der Waals surface area contributed by atoms with Crippen LogP contribution in [-0.4, -0.2) is 58.5 Å². The van der Waals surface area contributed by atoms with E-state index >= 15 is 0 Å². The van der Waals surface area contributed by atoms with Crippen LogP contribution in [0.4, 0.5) is 4.79 Å². The van der Waals surface area contributed by atoms with Gasteiger partial charge in [0.2, 0.25) is 0 Å². The molecule has 0 rings (SSSR count). The molecule has 2 amide bonds. The molecule has 0 fully saturated rings. The minimum atomic E-state index is -1.23. The highest BCUT2D eigenvalue weighted by atomic mass is 32.2. The summed E-state index contributed by atoms with van der Waals surface area (Å²) in [5, 5.41) is 13.8. The summed E-state index contributed by atoms with van der Waals surface area (Å²) in [5.41, 5.74) is 0. The fraction of sp³-hybridized carbons (Fsp3) is 0.750. The molecule has 3 atom stereocenters. The number of urea groups is 1. The number of ether oxygens (including phenoxy) is 1. The van der Waals surface area contributed by atoms with Gasteiger partial charge in [-0.15, -0.1) is 0 Å². The lowest BCUT2D eigenvalue weighted by Gasteiger charge is -2.18. The van der Waals surface area contributed by atoms with E-state index in [-0.39, 0.29) is 18.9 Å². The SMILES string of the molecule is COC(=O)CC[C@@H](NC(=O)NC(C)CCS(C)=O)C(=O)O. The molecule has 0 saturated carbocycles. The van der Waals surface area contributed by atoms with Crippen molar-refractivity contribution in [2.45, 2.75) is 38.3 Å². The summed E-state index contributed by atoms with van der Waals surface area (Å²) in [6.07, 6.45) is 1.94. The van der Waals surface area contributed by atoms with Gasteiger partial charge in [-0.05, 0) is 19.8 Å². The molecule has 0 radical (unpaired) electrons. The second-order valence-electron chi connectivity index (χ2n) is 4.59. The Bertz CT molecular complexity index is 401. The number of carbonyl (C=O) groups is 3. The molecular formula is C12H22N2O6S. The fourth-order valence-corrected chi connectivity index (χ4v) is 2.15. The van der Waals surface area contributed by atoms with Crippen LogP contribution in [0.3, 0.4) is 0 Å². The van der Waals surface area contributed by atoms with Gasteiger partial charge in [0.15, 0.2) is 0 Å². The van der Waals surface area contributed by atoms with Crippen LogP contribution in [0.2, 0.25) is 0 Å². The number of carbonyl (C=O) groups excluding carboxylic acids is 2. The number of carboxylic acid groups (broad SMARTS) is 1. The Kier molecular flexibility index (Phi) is 9.35. The van der Waals surface area contributed by atoms with Gasteiger partial charge in [0.25, 0.3) is 0 Å². The molecule has 9 heteroatoms. The third kappa shape index (κ3) is 9.83. The maximum absolute atomic E-state index is 11.6. The van der Waals surface area contributed by atoms with Crippen LogP contribution in [0.1, 0.15) is 26.2 Å². The average molecular weight is 322 g/mol. The van der Waals surface area contributed by atoms with Crippen LogP contribution < -0.4 is 10.6 Å². The zero-order chi connectivity index (χ0) is 16.4. The molecule has 21 heavy (non-hydrogen) atoms. The highest BCUT2D eigenvalue weighted by Crippen LogP contribution is 2.00. The monoisotopic (exact) mass is 322 g/mol.